The second-order valence-electron chi connectivity index (χ2n) is 5.35. The number of nitrogens with zero attached hydrogens (tertiary/aromatic N) is 2. The predicted molar refractivity (Wildman–Crippen MR) is 108 cm³/mol. The third-order valence-corrected chi connectivity index (χ3v) is 4.55. The molecule has 1 amide bonds. The molecule has 0 aromatic carbocycles. The molecule has 0 atom stereocenters. The van der Waals surface area contributed by atoms with Crippen LogP contribution in [0, 0.1) is 0 Å². The third-order valence-electron chi connectivity index (χ3n) is 3.62. The van der Waals surface area contributed by atoms with Crippen molar-refractivity contribution in [2.45, 2.75) is 32.6 Å². The van der Waals surface area contributed by atoms with Crippen LogP contribution in [0.15, 0.2) is 22.5 Å². The molecule has 1 aromatic heterocycles. The largest absolute Gasteiger partial charge is 0.357 e. The van der Waals surface area contributed by atoms with E-state index in [1.165, 1.54) is 4.88 Å². The molecule has 0 radical (unpaired) electrons. The Labute approximate surface area is 160 Å². The molecule has 1 saturated heterocycles. The quantitative estimate of drug-likeness (QED) is 0.277. The smallest absolute Gasteiger partial charge is 0.222 e. The van der Waals surface area contributed by atoms with Crippen LogP contribution < -0.4 is 10.6 Å². The zero-order chi connectivity index (χ0) is 15.6. The van der Waals surface area contributed by atoms with E-state index in [9.17, 15) is 4.79 Å². The van der Waals surface area contributed by atoms with Crippen LogP contribution in [0.2, 0.25) is 0 Å². The molecular formula is C16H27IN4OS. The average molecular weight is 450 g/mol. The summed E-state index contributed by atoms with van der Waals surface area (Å²) in [7, 11) is 0. The normalized spacial score (nSPS) is 14.7. The van der Waals surface area contributed by atoms with Crippen molar-refractivity contribution < 1.29 is 4.79 Å². The van der Waals surface area contributed by atoms with E-state index in [1.54, 1.807) is 11.3 Å². The summed E-state index contributed by atoms with van der Waals surface area (Å²) in [6.07, 6.45) is 3.67. The van der Waals surface area contributed by atoms with E-state index < -0.39 is 0 Å². The minimum absolute atomic E-state index is 0. The summed E-state index contributed by atoms with van der Waals surface area (Å²) in [5.74, 6) is 1.16. The molecule has 23 heavy (non-hydrogen) atoms. The van der Waals surface area contributed by atoms with Crippen LogP contribution in [0.3, 0.4) is 0 Å². The number of thiophene rings is 1. The van der Waals surface area contributed by atoms with E-state index in [4.69, 9.17) is 0 Å². The molecule has 0 spiro atoms. The van der Waals surface area contributed by atoms with Gasteiger partial charge in [0, 0.05) is 44.0 Å². The Morgan fingerprint density at radius 1 is 1.43 bits per heavy atom. The Morgan fingerprint density at radius 2 is 2.30 bits per heavy atom. The van der Waals surface area contributed by atoms with Gasteiger partial charge in [0.1, 0.15) is 0 Å². The van der Waals surface area contributed by atoms with E-state index in [-0.39, 0.29) is 24.0 Å². The van der Waals surface area contributed by atoms with Gasteiger partial charge in [0.25, 0.3) is 0 Å². The summed E-state index contributed by atoms with van der Waals surface area (Å²) in [5, 5.41) is 8.73. The van der Waals surface area contributed by atoms with Gasteiger partial charge in [0.05, 0.1) is 0 Å². The number of rotatable bonds is 8. The first-order chi connectivity index (χ1) is 10.8. The second-order valence-corrected chi connectivity index (χ2v) is 6.39. The number of carbonyl (C=O) groups excluding carboxylic acids is 1. The second kappa shape index (κ2) is 11.7. The van der Waals surface area contributed by atoms with Crippen LogP contribution in [0.25, 0.3) is 0 Å². The third kappa shape index (κ3) is 7.52. The molecule has 0 unspecified atom stereocenters. The highest BCUT2D eigenvalue weighted by atomic mass is 127. The predicted octanol–water partition coefficient (Wildman–Crippen LogP) is 2.48. The Kier molecular flexibility index (Phi) is 10.3. The first kappa shape index (κ1) is 20.2. The fourth-order valence-corrected chi connectivity index (χ4v) is 3.20. The number of likely N-dealkylation sites (tertiary alicyclic amines) is 1. The Bertz CT molecular complexity index is 478. The summed E-state index contributed by atoms with van der Waals surface area (Å²) in [4.78, 5) is 19.4. The highest BCUT2D eigenvalue weighted by molar-refractivity contribution is 14.0. The molecule has 0 bridgehead atoms. The maximum absolute atomic E-state index is 11.5. The standard InChI is InChI=1S/C16H26N4OS.HI/c1-2-17-16(19-10-8-14-6-4-13-22-14)18-9-5-12-20-11-3-7-15(20)21;/h4,6,13H,2-3,5,7-12H2,1H3,(H2,17,18,19);1H. The molecule has 7 heteroatoms. The number of nitrogens with one attached hydrogen (secondary N) is 2. The summed E-state index contributed by atoms with van der Waals surface area (Å²) in [6.45, 7) is 6.31. The van der Waals surface area contributed by atoms with Crippen molar-refractivity contribution in [1.29, 1.82) is 0 Å². The molecule has 5 nitrogen and oxygen atoms in total. The molecule has 1 aromatic rings. The van der Waals surface area contributed by atoms with Gasteiger partial charge in [-0.3, -0.25) is 9.79 Å². The van der Waals surface area contributed by atoms with Crippen molar-refractivity contribution in [2.75, 3.05) is 32.7 Å². The van der Waals surface area contributed by atoms with Crippen molar-refractivity contribution in [1.82, 2.24) is 15.5 Å². The van der Waals surface area contributed by atoms with E-state index in [0.29, 0.717) is 5.91 Å². The number of hydrogen-bond acceptors (Lipinski definition) is 3. The fourth-order valence-electron chi connectivity index (χ4n) is 2.49. The van der Waals surface area contributed by atoms with Gasteiger partial charge in [-0.25, -0.2) is 0 Å². The first-order valence-electron chi connectivity index (χ1n) is 8.12. The van der Waals surface area contributed by atoms with Crippen LogP contribution in [-0.2, 0) is 11.2 Å². The van der Waals surface area contributed by atoms with Gasteiger partial charge in [-0.15, -0.1) is 35.3 Å². The molecule has 2 N–H and O–H groups in total. The lowest BCUT2D eigenvalue weighted by Crippen LogP contribution is -2.38. The molecule has 1 fully saturated rings. The van der Waals surface area contributed by atoms with Crippen molar-refractivity contribution in [3.63, 3.8) is 0 Å². The zero-order valence-electron chi connectivity index (χ0n) is 13.7. The van der Waals surface area contributed by atoms with Gasteiger partial charge >= 0.3 is 0 Å². The van der Waals surface area contributed by atoms with E-state index >= 15 is 0 Å². The van der Waals surface area contributed by atoms with Crippen molar-refractivity contribution in [2.24, 2.45) is 4.99 Å². The summed E-state index contributed by atoms with van der Waals surface area (Å²) >= 11 is 1.79. The lowest BCUT2D eigenvalue weighted by molar-refractivity contribution is -0.127. The van der Waals surface area contributed by atoms with E-state index in [2.05, 4.69) is 40.1 Å². The van der Waals surface area contributed by atoms with Crippen LogP contribution >= 0.6 is 35.3 Å². The topological polar surface area (TPSA) is 56.7 Å². The molecule has 130 valence electrons. The Morgan fingerprint density at radius 3 is 2.96 bits per heavy atom. The van der Waals surface area contributed by atoms with Crippen molar-refractivity contribution in [3.8, 4) is 0 Å². The number of carbonyl (C=O) groups is 1. The Balaban J connectivity index is 0.00000264. The highest BCUT2D eigenvalue weighted by Crippen LogP contribution is 2.09. The Hall–Kier alpha value is -0.830. The van der Waals surface area contributed by atoms with E-state index in [0.717, 1.165) is 64.4 Å². The van der Waals surface area contributed by atoms with E-state index in [1.807, 2.05) is 4.90 Å². The lowest BCUT2D eigenvalue weighted by atomic mass is 10.3. The first-order valence-corrected chi connectivity index (χ1v) is 9.00. The van der Waals surface area contributed by atoms with Gasteiger partial charge in [-0.2, -0.15) is 0 Å². The number of hydrogen-bond donors (Lipinski definition) is 2. The summed E-state index contributed by atoms with van der Waals surface area (Å²) in [5.41, 5.74) is 0. The molecule has 1 aliphatic rings. The minimum atomic E-state index is 0. The number of guanidine groups is 1. The van der Waals surface area contributed by atoms with Gasteiger partial charge in [-0.1, -0.05) is 6.07 Å². The molecule has 2 heterocycles. The summed E-state index contributed by atoms with van der Waals surface area (Å²) < 4.78 is 0. The monoisotopic (exact) mass is 450 g/mol. The highest BCUT2D eigenvalue weighted by Gasteiger charge is 2.18. The number of aliphatic imine (C=N–C) groups is 1. The van der Waals surface area contributed by atoms with Crippen molar-refractivity contribution >= 4 is 47.2 Å². The van der Waals surface area contributed by atoms with Gasteiger partial charge in [0.15, 0.2) is 5.96 Å². The number of amides is 1. The van der Waals surface area contributed by atoms with Gasteiger partial charge in [0.2, 0.25) is 5.91 Å². The van der Waals surface area contributed by atoms with Crippen molar-refractivity contribution in [3.05, 3.63) is 22.4 Å². The van der Waals surface area contributed by atoms with Crippen LogP contribution in [0.1, 0.15) is 31.1 Å². The molecule has 1 aliphatic heterocycles. The average Bonchev–Trinajstić information content (AvgIpc) is 3.15. The van der Waals surface area contributed by atoms with Gasteiger partial charge < -0.3 is 15.5 Å². The maximum atomic E-state index is 11.5. The van der Waals surface area contributed by atoms with Gasteiger partial charge in [-0.05, 0) is 37.6 Å². The number of halogens is 1. The lowest BCUT2D eigenvalue weighted by Gasteiger charge is -2.15. The minimum Gasteiger partial charge on any atom is -0.357 e. The molecule has 2 rings (SSSR count). The van der Waals surface area contributed by atoms with Crippen LogP contribution in [-0.4, -0.2) is 49.5 Å². The molecule has 0 saturated carbocycles. The zero-order valence-corrected chi connectivity index (χ0v) is 16.9. The molecular weight excluding hydrogens is 423 g/mol. The van der Waals surface area contributed by atoms with Crippen LogP contribution in [0.5, 0.6) is 0 Å². The molecule has 0 aliphatic carbocycles. The maximum Gasteiger partial charge on any atom is 0.222 e. The SMILES string of the molecule is CCNC(=NCCCN1CCCC1=O)NCCc1cccs1.I. The summed E-state index contributed by atoms with van der Waals surface area (Å²) in [6, 6.07) is 4.24. The fraction of sp³-hybridized carbons (Fsp3) is 0.625. The van der Waals surface area contributed by atoms with Crippen LogP contribution in [0.4, 0.5) is 0 Å².